The van der Waals surface area contributed by atoms with Crippen molar-refractivity contribution in [2.45, 2.75) is 44.5 Å². The highest BCUT2D eigenvalue weighted by Crippen LogP contribution is 2.20. The minimum absolute atomic E-state index is 0.136. The van der Waals surface area contributed by atoms with Crippen LogP contribution >= 0.6 is 0 Å². The van der Waals surface area contributed by atoms with E-state index in [-0.39, 0.29) is 12.3 Å². The molecule has 10 heteroatoms. The van der Waals surface area contributed by atoms with E-state index in [1.807, 2.05) is 24.3 Å². The standard InChI is InChI=1S/C22H30N6O3S/c1-15(2)20-25-22(26-31-20)27-9-10-28(16(3)13-27)21-23-11-18(12-24-21)30-14-17-5-7-19(8-6-17)32(4)29/h5-8,11-12,15-16,20H,9-10,13-14H2,1-4H3,(H,25,26)/t16-,20?,32?/m1/s1. The number of aromatic nitrogens is 2. The molecular weight excluding hydrogens is 428 g/mol. The molecule has 1 fully saturated rings. The summed E-state index contributed by atoms with van der Waals surface area (Å²) >= 11 is 0. The summed E-state index contributed by atoms with van der Waals surface area (Å²) in [5, 5.41) is 0. The zero-order valence-corrected chi connectivity index (χ0v) is 19.7. The van der Waals surface area contributed by atoms with Crippen molar-refractivity contribution in [2.24, 2.45) is 10.9 Å². The van der Waals surface area contributed by atoms with Crippen molar-refractivity contribution >= 4 is 22.7 Å². The number of hydroxylamine groups is 1. The van der Waals surface area contributed by atoms with Crippen LogP contribution in [0.5, 0.6) is 5.75 Å². The SMILES string of the molecule is CC(C)C1N=C(N2CCN(c3ncc(OCc4ccc(S(C)=O)cc4)cn3)[C@H](C)C2)NO1. The van der Waals surface area contributed by atoms with Crippen LogP contribution in [-0.2, 0) is 22.2 Å². The van der Waals surface area contributed by atoms with E-state index in [1.54, 1.807) is 18.6 Å². The van der Waals surface area contributed by atoms with E-state index in [0.29, 0.717) is 24.2 Å². The van der Waals surface area contributed by atoms with Gasteiger partial charge in [-0.3, -0.25) is 4.21 Å². The van der Waals surface area contributed by atoms with Crippen LogP contribution in [0.25, 0.3) is 0 Å². The number of hydrogen-bond acceptors (Lipinski definition) is 9. The Morgan fingerprint density at radius 3 is 2.53 bits per heavy atom. The summed E-state index contributed by atoms with van der Waals surface area (Å²) in [6, 6.07) is 7.78. The van der Waals surface area contributed by atoms with Crippen molar-refractivity contribution in [2.75, 3.05) is 30.8 Å². The summed E-state index contributed by atoms with van der Waals surface area (Å²) in [6.45, 7) is 9.15. The molecule has 2 aliphatic rings. The first-order valence-corrected chi connectivity index (χ1v) is 12.3. The molecule has 3 heterocycles. The van der Waals surface area contributed by atoms with Gasteiger partial charge in [0.1, 0.15) is 6.61 Å². The van der Waals surface area contributed by atoms with E-state index in [4.69, 9.17) is 9.57 Å². The van der Waals surface area contributed by atoms with E-state index in [9.17, 15) is 4.21 Å². The van der Waals surface area contributed by atoms with E-state index >= 15 is 0 Å². The van der Waals surface area contributed by atoms with Gasteiger partial charge in [-0.2, -0.15) is 0 Å². The van der Waals surface area contributed by atoms with Gasteiger partial charge in [-0.1, -0.05) is 26.0 Å². The second-order valence-corrected chi connectivity index (χ2v) is 9.78. The van der Waals surface area contributed by atoms with Crippen LogP contribution in [0.2, 0.25) is 0 Å². The molecule has 1 aromatic heterocycles. The summed E-state index contributed by atoms with van der Waals surface area (Å²) in [7, 11) is -0.977. The first-order chi connectivity index (χ1) is 15.4. The summed E-state index contributed by atoms with van der Waals surface area (Å²) in [4.78, 5) is 24.4. The van der Waals surface area contributed by atoms with Crippen molar-refractivity contribution in [3.05, 3.63) is 42.2 Å². The zero-order valence-electron chi connectivity index (χ0n) is 18.9. The molecule has 0 amide bonds. The minimum atomic E-state index is -0.977. The molecule has 2 unspecified atom stereocenters. The number of benzene rings is 1. The molecule has 1 saturated heterocycles. The number of aliphatic imine (C=N–C) groups is 1. The Hall–Kier alpha value is -2.72. The smallest absolute Gasteiger partial charge is 0.225 e. The average molecular weight is 459 g/mol. The molecular formula is C22H30N6O3S. The number of piperazine rings is 1. The van der Waals surface area contributed by atoms with Gasteiger partial charge in [0.2, 0.25) is 11.9 Å². The zero-order chi connectivity index (χ0) is 22.7. The fourth-order valence-electron chi connectivity index (χ4n) is 3.64. The summed E-state index contributed by atoms with van der Waals surface area (Å²) < 4.78 is 17.3. The average Bonchev–Trinajstić information content (AvgIpc) is 3.29. The Morgan fingerprint density at radius 2 is 1.94 bits per heavy atom. The Labute approximate surface area is 191 Å². The molecule has 2 aromatic rings. The Kier molecular flexibility index (Phi) is 6.90. The third-order valence-corrected chi connectivity index (χ3v) is 6.49. The van der Waals surface area contributed by atoms with Gasteiger partial charge in [0.05, 0.1) is 12.4 Å². The van der Waals surface area contributed by atoms with Crippen molar-refractivity contribution in [1.82, 2.24) is 20.3 Å². The number of guanidine groups is 1. The second kappa shape index (κ2) is 9.83. The Balaban J connectivity index is 1.31. The van der Waals surface area contributed by atoms with Gasteiger partial charge < -0.3 is 14.5 Å². The topological polar surface area (TPSA) is 92.2 Å². The lowest BCUT2D eigenvalue weighted by Gasteiger charge is -2.40. The first-order valence-electron chi connectivity index (χ1n) is 10.8. The van der Waals surface area contributed by atoms with Gasteiger partial charge in [-0.15, -0.1) is 0 Å². The van der Waals surface area contributed by atoms with Gasteiger partial charge >= 0.3 is 0 Å². The van der Waals surface area contributed by atoms with Crippen molar-refractivity contribution in [3.63, 3.8) is 0 Å². The van der Waals surface area contributed by atoms with Gasteiger partial charge in [-0.25, -0.2) is 25.3 Å². The highest BCUT2D eigenvalue weighted by molar-refractivity contribution is 7.84. The van der Waals surface area contributed by atoms with Crippen LogP contribution in [0.3, 0.4) is 0 Å². The predicted octanol–water partition coefficient (Wildman–Crippen LogP) is 2.18. The molecule has 32 heavy (non-hydrogen) atoms. The van der Waals surface area contributed by atoms with Crippen LogP contribution in [0.1, 0.15) is 26.3 Å². The quantitative estimate of drug-likeness (QED) is 0.704. The monoisotopic (exact) mass is 458 g/mol. The fourth-order valence-corrected chi connectivity index (χ4v) is 4.16. The molecule has 0 aliphatic carbocycles. The third-order valence-electron chi connectivity index (χ3n) is 5.55. The van der Waals surface area contributed by atoms with Crippen LogP contribution in [-0.4, -0.2) is 63.2 Å². The van der Waals surface area contributed by atoms with Crippen LogP contribution in [0.15, 0.2) is 46.5 Å². The number of rotatable bonds is 6. The number of hydrogen-bond donors (Lipinski definition) is 1. The maximum absolute atomic E-state index is 11.5. The Morgan fingerprint density at radius 1 is 1.22 bits per heavy atom. The lowest BCUT2D eigenvalue weighted by atomic mass is 10.2. The second-order valence-electron chi connectivity index (χ2n) is 8.40. The van der Waals surface area contributed by atoms with E-state index in [0.717, 1.165) is 36.1 Å². The van der Waals surface area contributed by atoms with Crippen LogP contribution < -0.4 is 15.1 Å². The molecule has 4 rings (SSSR count). The number of nitrogens with zero attached hydrogens (tertiary/aromatic N) is 5. The minimum Gasteiger partial charge on any atom is -0.486 e. The van der Waals surface area contributed by atoms with E-state index in [1.165, 1.54) is 0 Å². The molecule has 172 valence electrons. The normalized spacial score (nSPS) is 22.0. The molecule has 0 spiro atoms. The number of ether oxygens (including phenoxy) is 1. The summed E-state index contributed by atoms with van der Waals surface area (Å²) in [5.74, 6) is 2.44. The predicted molar refractivity (Wildman–Crippen MR) is 124 cm³/mol. The lowest BCUT2D eigenvalue weighted by molar-refractivity contribution is 0.00784. The van der Waals surface area contributed by atoms with Gasteiger partial charge in [0, 0.05) is 53.5 Å². The highest BCUT2D eigenvalue weighted by Gasteiger charge is 2.31. The molecule has 2 aliphatic heterocycles. The van der Waals surface area contributed by atoms with E-state index < -0.39 is 10.8 Å². The third kappa shape index (κ3) is 5.18. The molecule has 0 radical (unpaired) electrons. The maximum atomic E-state index is 11.5. The van der Waals surface area contributed by atoms with E-state index in [2.05, 4.69) is 51.0 Å². The summed E-state index contributed by atoms with van der Waals surface area (Å²) in [6.07, 6.45) is 4.95. The summed E-state index contributed by atoms with van der Waals surface area (Å²) in [5.41, 5.74) is 3.97. The fraction of sp³-hybridized carbons (Fsp3) is 0.500. The van der Waals surface area contributed by atoms with Crippen molar-refractivity contribution in [1.29, 1.82) is 0 Å². The molecule has 0 saturated carbocycles. The number of anilines is 1. The van der Waals surface area contributed by atoms with Crippen molar-refractivity contribution in [3.8, 4) is 5.75 Å². The largest absolute Gasteiger partial charge is 0.486 e. The molecule has 3 atom stereocenters. The van der Waals surface area contributed by atoms with Crippen molar-refractivity contribution < 1.29 is 13.8 Å². The molecule has 1 aromatic carbocycles. The van der Waals surface area contributed by atoms with Crippen LogP contribution in [0, 0.1) is 5.92 Å². The molecule has 9 nitrogen and oxygen atoms in total. The van der Waals surface area contributed by atoms with Gasteiger partial charge in [0.15, 0.2) is 12.0 Å². The highest BCUT2D eigenvalue weighted by atomic mass is 32.2. The molecule has 1 N–H and O–H groups in total. The van der Waals surface area contributed by atoms with Gasteiger partial charge in [0.25, 0.3) is 0 Å². The Bertz CT molecular complexity index is 967. The molecule has 0 bridgehead atoms. The first kappa shape index (κ1) is 22.5. The van der Waals surface area contributed by atoms with Crippen LogP contribution in [0.4, 0.5) is 5.95 Å². The maximum Gasteiger partial charge on any atom is 0.225 e. The number of nitrogens with one attached hydrogen (secondary N) is 1. The lowest BCUT2D eigenvalue weighted by Crippen LogP contribution is -2.56. The van der Waals surface area contributed by atoms with Gasteiger partial charge in [-0.05, 0) is 24.6 Å².